The summed E-state index contributed by atoms with van der Waals surface area (Å²) >= 11 is 13.6. The van der Waals surface area contributed by atoms with Crippen LogP contribution in [0.5, 0.6) is 0 Å². The fourth-order valence-electron chi connectivity index (χ4n) is 5.62. The van der Waals surface area contributed by atoms with E-state index in [9.17, 15) is 19.6 Å². The van der Waals surface area contributed by atoms with Crippen LogP contribution >= 0.6 is 34.5 Å². The first-order valence-electron chi connectivity index (χ1n) is 12.8. The summed E-state index contributed by atoms with van der Waals surface area (Å²) in [6, 6.07) is 12.9. The van der Waals surface area contributed by atoms with E-state index in [2.05, 4.69) is 21.0 Å². The molecular formula is C29H21Cl2N7O3S. The third-order valence-electron chi connectivity index (χ3n) is 7.67. The zero-order valence-corrected chi connectivity index (χ0v) is 24.6. The van der Waals surface area contributed by atoms with Gasteiger partial charge in [0.2, 0.25) is 0 Å². The minimum Gasteiger partial charge on any atom is -0.334 e. The van der Waals surface area contributed by atoms with Crippen molar-refractivity contribution in [1.29, 1.82) is 5.26 Å². The van der Waals surface area contributed by atoms with Gasteiger partial charge in [-0.1, -0.05) is 35.3 Å². The normalized spacial score (nSPS) is 20.1. The number of likely N-dealkylation sites (N-methyl/N-ethyl adjacent to an activating group) is 1. The van der Waals surface area contributed by atoms with Gasteiger partial charge < -0.3 is 9.80 Å². The van der Waals surface area contributed by atoms with Crippen molar-refractivity contribution in [2.24, 2.45) is 0 Å². The van der Waals surface area contributed by atoms with E-state index >= 15 is 0 Å². The van der Waals surface area contributed by atoms with Crippen molar-refractivity contribution in [3.8, 4) is 16.8 Å². The summed E-state index contributed by atoms with van der Waals surface area (Å²) in [6.45, 7) is 1.84. The van der Waals surface area contributed by atoms with Gasteiger partial charge in [-0.25, -0.2) is 14.7 Å². The fourth-order valence-corrected chi connectivity index (χ4v) is 7.13. The van der Waals surface area contributed by atoms with Crippen molar-refractivity contribution in [3.05, 3.63) is 92.8 Å². The number of nitriles is 1. The SMILES string of the molecule is Cc1nc(-c2cnccn2)sc1C(=O)N1C[C@@H](c2ccc(C#N)cc2)C2(C1)C(=O)N(c1cc(Cl)cc(Cl)c1)C(=O)N2C. The number of halogens is 2. The Morgan fingerprint density at radius 3 is 2.48 bits per heavy atom. The van der Waals surface area contributed by atoms with Gasteiger partial charge in [0, 0.05) is 41.9 Å². The van der Waals surface area contributed by atoms with Crippen molar-refractivity contribution in [3.63, 3.8) is 0 Å². The Kier molecular flexibility index (Phi) is 6.93. The number of thiazole rings is 1. The number of hydrogen-bond donors (Lipinski definition) is 0. The summed E-state index contributed by atoms with van der Waals surface area (Å²) in [6.07, 6.45) is 4.68. The summed E-state index contributed by atoms with van der Waals surface area (Å²) in [7, 11) is 1.56. The Morgan fingerprint density at radius 2 is 1.83 bits per heavy atom. The van der Waals surface area contributed by atoms with Crippen LogP contribution in [-0.4, -0.2) is 68.3 Å². The molecule has 2 aliphatic rings. The first-order valence-corrected chi connectivity index (χ1v) is 14.3. The molecule has 2 saturated heterocycles. The highest BCUT2D eigenvalue weighted by Crippen LogP contribution is 2.47. The predicted octanol–water partition coefficient (Wildman–Crippen LogP) is 5.16. The largest absolute Gasteiger partial charge is 0.334 e. The van der Waals surface area contributed by atoms with Gasteiger partial charge in [-0.3, -0.25) is 19.6 Å². The van der Waals surface area contributed by atoms with E-state index < -0.39 is 23.4 Å². The van der Waals surface area contributed by atoms with E-state index in [0.29, 0.717) is 32.4 Å². The average molecular weight is 619 g/mol. The highest BCUT2D eigenvalue weighted by molar-refractivity contribution is 7.17. The van der Waals surface area contributed by atoms with Gasteiger partial charge in [0.1, 0.15) is 21.1 Å². The molecule has 10 nitrogen and oxygen atoms in total. The number of benzene rings is 2. The molecule has 13 heteroatoms. The molecular weight excluding hydrogens is 597 g/mol. The first kappa shape index (κ1) is 27.8. The van der Waals surface area contributed by atoms with Gasteiger partial charge >= 0.3 is 6.03 Å². The lowest BCUT2D eigenvalue weighted by Crippen LogP contribution is -2.54. The van der Waals surface area contributed by atoms with Crippen LogP contribution < -0.4 is 4.90 Å². The molecule has 1 unspecified atom stereocenters. The molecule has 42 heavy (non-hydrogen) atoms. The van der Waals surface area contributed by atoms with Crippen LogP contribution in [-0.2, 0) is 4.79 Å². The molecule has 1 spiro atoms. The minimum atomic E-state index is -1.43. The highest BCUT2D eigenvalue weighted by atomic mass is 35.5. The molecule has 2 atom stereocenters. The van der Waals surface area contributed by atoms with Gasteiger partial charge in [0.25, 0.3) is 11.8 Å². The molecule has 4 heterocycles. The Labute approximate surface area is 254 Å². The number of carbonyl (C=O) groups is 3. The number of hydrogen-bond acceptors (Lipinski definition) is 8. The molecule has 2 aromatic carbocycles. The Hall–Kier alpha value is -4.37. The van der Waals surface area contributed by atoms with Crippen molar-refractivity contribution in [2.45, 2.75) is 18.4 Å². The average Bonchev–Trinajstić information content (AvgIpc) is 3.63. The maximum absolute atomic E-state index is 14.4. The standard InChI is InChI=1S/C29H21Cl2N7O3S/c1-16-24(42-25(35-16)23-13-33-7-8-34-23)26(39)37-14-22(18-5-3-17(12-32)4-6-18)29(15-37)27(40)38(28(41)36(29)2)21-10-19(30)9-20(31)11-21/h3-11,13,22H,14-15H2,1-2H3/t22-,29?/m0/s1. The minimum absolute atomic E-state index is 0.0554. The van der Waals surface area contributed by atoms with Crippen molar-refractivity contribution in [2.75, 3.05) is 25.0 Å². The summed E-state index contributed by atoms with van der Waals surface area (Å²) in [5, 5.41) is 10.4. The van der Waals surface area contributed by atoms with E-state index in [0.717, 1.165) is 4.90 Å². The molecule has 210 valence electrons. The molecule has 0 bridgehead atoms. The number of anilines is 1. The number of nitrogens with zero attached hydrogens (tertiary/aromatic N) is 7. The molecule has 0 radical (unpaired) electrons. The monoisotopic (exact) mass is 617 g/mol. The summed E-state index contributed by atoms with van der Waals surface area (Å²) in [4.78, 5) is 59.5. The van der Waals surface area contributed by atoms with E-state index in [4.69, 9.17) is 23.2 Å². The van der Waals surface area contributed by atoms with Gasteiger partial charge in [-0.15, -0.1) is 11.3 Å². The van der Waals surface area contributed by atoms with Crippen LogP contribution in [0.4, 0.5) is 10.5 Å². The first-order chi connectivity index (χ1) is 20.1. The predicted molar refractivity (Wildman–Crippen MR) is 158 cm³/mol. The fraction of sp³-hybridized carbons (Fsp3) is 0.207. The maximum atomic E-state index is 14.4. The Bertz CT molecular complexity index is 1770. The topological polar surface area (TPSA) is 123 Å². The second-order valence-electron chi connectivity index (χ2n) is 10.0. The van der Waals surface area contributed by atoms with Crippen LogP contribution in [0.25, 0.3) is 10.7 Å². The van der Waals surface area contributed by atoms with Crippen LogP contribution in [0.15, 0.2) is 61.1 Å². The third kappa shape index (κ3) is 4.39. The Balaban J connectivity index is 1.43. The van der Waals surface area contributed by atoms with Crippen LogP contribution in [0.2, 0.25) is 10.0 Å². The smallest absolute Gasteiger partial charge is 0.332 e. The summed E-state index contributed by atoms with van der Waals surface area (Å²) in [5.74, 6) is -1.41. The molecule has 2 aromatic heterocycles. The molecule has 4 aromatic rings. The third-order valence-corrected chi connectivity index (χ3v) is 9.27. The van der Waals surface area contributed by atoms with Crippen molar-refractivity contribution < 1.29 is 14.4 Å². The van der Waals surface area contributed by atoms with E-state index in [1.54, 1.807) is 61.7 Å². The second kappa shape index (κ2) is 10.5. The maximum Gasteiger partial charge on any atom is 0.332 e. The number of aryl methyl sites for hydroxylation is 1. The van der Waals surface area contributed by atoms with Gasteiger partial charge in [-0.05, 0) is 42.8 Å². The summed E-state index contributed by atoms with van der Waals surface area (Å²) < 4.78 is 0. The van der Waals surface area contributed by atoms with Crippen molar-refractivity contribution >= 4 is 58.1 Å². The lowest BCUT2D eigenvalue weighted by molar-refractivity contribution is -0.124. The zero-order chi connectivity index (χ0) is 29.8. The molecule has 2 fully saturated rings. The van der Waals surface area contributed by atoms with Crippen LogP contribution in [0.3, 0.4) is 0 Å². The van der Waals surface area contributed by atoms with Gasteiger partial charge in [-0.2, -0.15) is 5.26 Å². The quantitative estimate of drug-likeness (QED) is 0.290. The second-order valence-corrected chi connectivity index (χ2v) is 11.9. The highest BCUT2D eigenvalue weighted by Gasteiger charge is 2.65. The lowest BCUT2D eigenvalue weighted by atomic mass is 9.80. The van der Waals surface area contributed by atoms with E-state index in [1.807, 2.05) is 0 Å². The zero-order valence-electron chi connectivity index (χ0n) is 22.3. The molecule has 0 saturated carbocycles. The molecule has 4 amide bonds. The summed E-state index contributed by atoms with van der Waals surface area (Å²) in [5.41, 5.74) is 1.05. The van der Waals surface area contributed by atoms with Crippen LogP contribution in [0, 0.1) is 18.3 Å². The Morgan fingerprint density at radius 1 is 1.12 bits per heavy atom. The number of likely N-dealkylation sites (tertiary alicyclic amines) is 1. The molecule has 6 rings (SSSR count). The molecule has 0 aliphatic carbocycles. The number of carbonyl (C=O) groups excluding carboxylic acids is 3. The molecule has 0 N–H and O–H groups in total. The van der Waals surface area contributed by atoms with E-state index in [-0.39, 0.29) is 34.7 Å². The van der Waals surface area contributed by atoms with Gasteiger partial charge in [0.15, 0.2) is 0 Å². The molecule has 2 aliphatic heterocycles. The number of amides is 4. The number of rotatable bonds is 4. The van der Waals surface area contributed by atoms with Crippen LogP contribution in [0.1, 0.15) is 32.4 Å². The van der Waals surface area contributed by atoms with Gasteiger partial charge in [0.05, 0.1) is 35.8 Å². The van der Waals surface area contributed by atoms with Crippen molar-refractivity contribution in [1.82, 2.24) is 24.8 Å². The number of urea groups is 1. The lowest BCUT2D eigenvalue weighted by Gasteiger charge is -2.33. The van der Waals surface area contributed by atoms with E-state index in [1.165, 1.54) is 34.4 Å². The number of imide groups is 1. The number of aromatic nitrogens is 3.